The summed E-state index contributed by atoms with van der Waals surface area (Å²) in [5, 5.41) is 4.45. The molecule has 1 aromatic carbocycles. The molecular formula is C17H14BrFN6O2. The molecule has 3 aromatic heterocycles. The van der Waals surface area contributed by atoms with Crippen LogP contribution in [-0.2, 0) is 20.6 Å². The summed E-state index contributed by atoms with van der Waals surface area (Å²) in [6.07, 6.45) is 1.72. The molecular weight excluding hydrogens is 419 g/mol. The number of imidazole rings is 1. The first kappa shape index (κ1) is 17.4. The van der Waals surface area contributed by atoms with Crippen molar-refractivity contribution in [1.82, 2.24) is 28.5 Å². The average molecular weight is 433 g/mol. The molecule has 27 heavy (non-hydrogen) atoms. The molecule has 138 valence electrons. The van der Waals surface area contributed by atoms with Gasteiger partial charge >= 0.3 is 5.69 Å². The van der Waals surface area contributed by atoms with Crippen molar-refractivity contribution in [1.29, 1.82) is 0 Å². The van der Waals surface area contributed by atoms with Crippen molar-refractivity contribution in [2.24, 2.45) is 14.1 Å². The first-order chi connectivity index (χ1) is 12.9. The molecule has 0 atom stereocenters. The molecule has 0 N–H and O–H groups in total. The lowest BCUT2D eigenvalue weighted by molar-refractivity contribution is 0.625. The summed E-state index contributed by atoms with van der Waals surface area (Å²) in [6, 6.07) is 7.88. The number of aromatic nitrogens is 6. The predicted molar refractivity (Wildman–Crippen MR) is 101 cm³/mol. The van der Waals surface area contributed by atoms with Crippen LogP contribution < -0.4 is 11.2 Å². The summed E-state index contributed by atoms with van der Waals surface area (Å²) in [7, 11) is 3.00. The van der Waals surface area contributed by atoms with E-state index in [-0.39, 0.29) is 17.9 Å². The molecule has 4 rings (SSSR count). The number of nitrogens with zero attached hydrogens (tertiary/aromatic N) is 6. The van der Waals surface area contributed by atoms with Gasteiger partial charge in [-0.25, -0.2) is 18.9 Å². The van der Waals surface area contributed by atoms with Gasteiger partial charge in [-0.1, -0.05) is 6.07 Å². The highest BCUT2D eigenvalue weighted by atomic mass is 79.9. The highest BCUT2D eigenvalue weighted by Gasteiger charge is 2.18. The second kappa shape index (κ2) is 6.31. The van der Waals surface area contributed by atoms with Crippen LogP contribution >= 0.6 is 15.9 Å². The van der Waals surface area contributed by atoms with Crippen molar-refractivity contribution in [3.05, 3.63) is 73.6 Å². The SMILES string of the molecule is Cn1c(=O)c2nc(Br)n(Cc3ccn(-c4cccc(F)c4)n3)c2n(C)c1=O. The molecule has 0 unspecified atom stereocenters. The lowest BCUT2D eigenvalue weighted by Gasteiger charge is -2.08. The fourth-order valence-electron chi connectivity index (χ4n) is 2.97. The molecule has 0 fully saturated rings. The zero-order valence-electron chi connectivity index (χ0n) is 14.4. The highest BCUT2D eigenvalue weighted by Crippen LogP contribution is 2.18. The fourth-order valence-corrected chi connectivity index (χ4v) is 3.44. The van der Waals surface area contributed by atoms with Crippen LogP contribution in [0.2, 0.25) is 0 Å². The third-order valence-corrected chi connectivity index (χ3v) is 4.94. The van der Waals surface area contributed by atoms with E-state index in [0.29, 0.717) is 21.8 Å². The Bertz CT molecular complexity index is 1300. The van der Waals surface area contributed by atoms with Gasteiger partial charge in [0.15, 0.2) is 15.9 Å². The molecule has 0 spiro atoms. The van der Waals surface area contributed by atoms with Gasteiger partial charge in [0.25, 0.3) is 5.56 Å². The molecule has 0 saturated heterocycles. The normalized spacial score (nSPS) is 11.4. The Morgan fingerprint density at radius 1 is 1.15 bits per heavy atom. The van der Waals surface area contributed by atoms with Gasteiger partial charge in [0.1, 0.15) is 5.82 Å². The zero-order chi connectivity index (χ0) is 19.3. The van der Waals surface area contributed by atoms with E-state index in [1.54, 1.807) is 40.7 Å². The molecule has 0 aliphatic rings. The highest BCUT2D eigenvalue weighted by molar-refractivity contribution is 9.10. The van der Waals surface area contributed by atoms with E-state index in [4.69, 9.17) is 0 Å². The summed E-state index contributed by atoms with van der Waals surface area (Å²) in [5.74, 6) is -0.348. The number of fused-ring (bicyclic) bond motifs is 1. The Balaban J connectivity index is 1.80. The van der Waals surface area contributed by atoms with E-state index < -0.39 is 11.2 Å². The lowest BCUT2D eigenvalue weighted by Crippen LogP contribution is -2.37. The smallest absolute Gasteiger partial charge is 0.298 e. The third-order valence-electron chi connectivity index (χ3n) is 4.33. The molecule has 0 bridgehead atoms. The van der Waals surface area contributed by atoms with Gasteiger partial charge in [-0.15, -0.1) is 0 Å². The van der Waals surface area contributed by atoms with Crippen molar-refractivity contribution in [2.45, 2.75) is 6.54 Å². The Morgan fingerprint density at radius 2 is 1.93 bits per heavy atom. The van der Waals surface area contributed by atoms with Gasteiger partial charge in [0, 0.05) is 20.3 Å². The van der Waals surface area contributed by atoms with E-state index in [9.17, 15) is 14.0 Å². The van der Waals surface area contributed by atoms with E-state index in [1.807, 2.05) is 0 Å². The summed E-state index contributed by atoms with van der Waals surface area (Å²) in [6.45, 7) is 0.278. The first-order valence-electron chi connectivity index (χ1n) is 7.99. The monoisotopic (exact) mass is 432 g/mol. The molecule has 0 radical (unpaired) electrons. The first-order valence-corrected chi connectivity index (χ1v) is 8.78. The van der Waals surface area contributed by atoms with Gasteiger partial charge in [0.2, 0.25) is 0 Å². The van der Waals surface area contributed by atoms with Crippen LogP contribution in [0.15, 0.2) is 50.9 Å². The number of aryl methyl sites for hydroxylation is 1. The predicted octanol–water partition coefficient (Wildman–Crippen LogP) is 1.57. The van der Waals surface area contributed by atoms with Crippen LogP contribution in [0.3, 0.4) is 0 Å². The second-order valence-corrected chi connectivity index (χ2v) is 6.79. The minimum absolute atomic E-state index is 0.191. The van der Waals surface area contributed by atoms with Crippen LogP contribution in [-0.4, -0.2) is 28.5 Å². The van der Waals surface area contributed by atoms with Gasteiger partial charge in [-0.2, -0.15) is 5.10 Å². The van der Waals surface area contributed by atoms with Crippen molar-refractivity contribution < 1.29 is 4.39 Å². The van der Waals surface area contributed by atoms with Crippen LogP contribution in [0.5, 0.6) is 0 Å². The quantitative estimate of drug-likeness (QED) is 0.460. The largest absolute Gasteiger partial charge is 0.332 e. The van der Waals surface area contributed by atoms with E-state index in [2.05, 4.69) is 26.0 Å². The summed E-state index contributed by atoms with van der Waals surface area (Å²) in [4.78, 5) is 28.8. The number of hydrogen-bond acceptors (Lipinski definition) is 4. The second-order valence-electron chi connectivity index (χ2n) is 6.08. The van der Waals surface area contributed by atoms with Crippen LogP contribution in [0.25, 0.3) is 16.9 Å². The molecule has 0 saturated carbocycles. The summed E-state index contributed by atoms with van der Waals surface area (Å²) in [5.41, 5.74) is 0.945. The maximum absolute atomic E-state index is 13.4. The fraction of sp³-hybridized carbons (Fsp3) is 0.176. The minimum Gasteiger partial charge on any atom is -0.298 e. The maximum Gasteiger partial charge on any atom is 0.332 e. The lowest BCUT2D eigenvalue weighted by atomic mass is 10.3. The molecule has 0 aliphatic carbocycles. The summed E-state index contributed by atoms with van der Waals surface area (Å²) < 4.78 is 19.5. The third kappa shape index (κ3) is 2.81. The van der Waals surface area contributed by atoms with Crippen molar-refractivity contribution in [3.8, 4) is 5.69 Å². The standard InChI is InChI=1S/C17H14BrFN6O2/c1-22-14-13(15(26)23(2)17(22)27)20-16(18)24(14)9-11-6-7-25(21-11)12-5-3-4-10(19)8-12/h3-8H,9H2,1-2H3. The molecule has 4 aromatic rings. The van der Waals surface area contributed by atoms with Gasteiger partial charge < -0.3 is 0 Å². The van der Waals surface area contributed by atoms with Crippen molar-refractivity contribution >= 4 is 27.1 Å². The van der Waals surface area contributed by atoms with Gasteiger partial charge in [0.05, 0.1) is 17.9 Å². The Labute approximate surface area is 160 Å². The van der Waals surface area contributed by atoms with Crippen molar-refractivity contribution in [3.63, 3.8) is 0 Å². The van der Waals surface area contributed by atoms with E-state index in [0.717, 1.165) is 4.57 Å². The molecule has 0 aliphatic heterocycles. The molecule has 0 amide bonds. The van der Waals surface area contributed by atoms with Gasteiger partial charge in [-0.3, -0.25) is 18.5 Å². The maximum atomic E-state index is 13.4. The number of halogens is 2. The Kier molecular flexibility index (Phi) is 4.06. The van der Waals surface area contributed by atoms with Crippen molar-refractivity contribution in [2.75, 3.05) is 0 Å². The van der Waals surface area contributed by atoms with Gasteiger partial charge in [-0.05, 0) is 40.2 Å². The minimum atomic E-state index is -0.460. The topological polar surface area (TPSA) is 79.6 Å². The Morgan fingerprint density at radius 3 is 2.67 bits per heavy atom. The van der Waals surface area contributed by atoms with Crippen LogP contribution in [0.1, 0.15) is 5.69 Å². The average Bonchev–Trinajstić information content (AvgIpc) is 3.24. The van der Waals surface area contributed by atoms with E-state index in [1.165, 1.54) is 23.7 Å². The number of rotatable bonds is 3. The van der Waals surface area contributed by atoms with E-state index >= 15 is 0 Å². The summed E-state index contributed by atoms with van der Waals surface area (Å²) >= 11 is 3.35. The number of hydrogen-bond donors (Lipinski definition) is 0. The molecule has 8 nitrogen and oxygen atoms in total. The number of benzene rings is 1. The molecule has 10 heteroatoms. The Hall–Kier alpha value is -3.01. The zero-order valence-corrected chi connectivity index (χ0v) is 16.0. The molecule has 3 heterocycles. The van der Waals surface area contributed by atoms with Crippen LogP contribution in [0, 0.1) is 5.82 Å². The van der Waals surface area contributed by atoms with Crippen LogP contribution in [0.4, 0.5) is 4.39 Å².